The Labute approximate surface area is 166 Å². The van der Waals surface area contributed by atoms with Crippen LogP contribution in [0.2, 0.25) is 0 Å². The summed E-state index contributed by atoms with van der Waals surface area (Å²) in [4.78, 5) is 14.2. The number of aromatic nitrogens is 4. The summed E-state index contributed by atoms with van der Waals surface area (Å²) in [7, 11) is 3.88. The molecule has 1 aromatic carbocycles. The molecule has 28 heavy (non-hydrogen) atoms. The molecule has 0 saturated heterocycles. The van der Waals surface area contributed by atoms with E-state index in [1.807, 2.05) is 30.5 Å². The minimum absolute atomic E-state index is 0.0289. The lowest BCUT2D eigenvalue weighted by Gasteiger charge is -2.20. The molecule has 10 heteroatoms. The van der Waals surface area contributed by atoms with Crippen molar-refractivity contribution in [1.82, 2.24) is 24.8 Å². The van der Waals surface area contributed by atoms with Gasteiger partial charge in [0.15, 0.2) is 16.8 Å². The zero-order chi connectivity index (χ0) is 20.3. The molecule has 0 aliphatic rings. The van der Waals surface area contributed by atoms with Crippen molar-refractivity contribution in [2.24, 2.45) is 0 Å². The Morgan fingerprint density at radius 1 is 1.32 bits per heavy atom. The predicted octanol–water partition coefficient (Wildman–Crippen LogP) is 3.06. The first kappa shape index (κ1) is 20.0. The van der Waals surface area contributed by atoms with Crippen LogP contribution in [0.4, 0.5) is 10.2 Å². The summed E-state index contributed by atoms with van der Waals surface area (Å²) in [6.45, 7) is 3.74. The molecule has 148 valence electrons. The minimum atomic E-state index is -0.324. The number of anilines is 1. The van der Waals surface area contributed by atoms with Crippen molar-refractivity contribution in [3.8, 4) is 5.69 Å². The maximum atomic E-state index is 13.4. The van der Waals surface area contributed by atoms with Crippen LogP contribution in [-0.2, 0) is 4.79 Å². The molecular weight excluding hydrogens is 383 g/mol. The highest BCUT2D eigenvalue weighted by Crippen LogP contribution is 2.27. The number of nitrogens with zero attached hydrogens (tertiary/aromatic N) is 5. The molecule has 1 amide bonds. The lowest BCUT2D eigenvalue weighted by molar-refractivity contribution is -0.113. The molecule has 3 aromatic rings. The largest absolute Gasteiger partial charge is 0.360 e. The monoisotopic (exact) mass is 404 g/mol. The second kappa shape index (κ2) is 8.53. The van der Waals surface area contributed by atoms with Crippen molar-refractivity contribution >= 4 is 23.5 Å². The third-order valence-corrected chi connectivity index (χ3v) is 5.05. The van der Waals surface area contributed by atoms with Gasteiger partial charge in [-0.1, -0.05) is 16.9 Å². The number of benzene rings is 1. The van der Waals surface area contributed by atoms with Gasteiger partial charge in [0, 0.05) is 11.8 Å². The van der Waals surface area contributed by atoms with Gasteiger partial charge in [-0.05, 0) is 52.2 Å². The fourth-order valence-corrected chi connectivity index (χ4v) is 3.20. The molecule has 0 bridgehead atoms. The standard InChI is InChI=1S/C18H21FN6O2S/c1-11-9-15(23-27-11)20-16(26)10-28-18-22-21-17(12(2)24(3)4)25(18)14-7-5-13(19)6-8-14/h5-9,12H,10H2,1-4H3,(H,20,23,26)/t12-/m0/s1. The van der Waals surface area contributed by atoms with E-state index >= 15 is 0 Å². The number of thioether (sulfide) groups is 1. The van der Waals surface area contributed by atoms with Crippen LogP contribution in [0, 0.1) is 12.7 Å². The fraction of sp³-hybridized carbons (Fsp3) is 0.333. The third kappa shape index (κ3) is 4.57. The molecule has 0 aliphatic heterocycles. The molecule has 2 heterocycles. The Balaban J connectivity index is 1.82. The van der Waals surface area contributed by atoms with E-state index in [1.54, 1.807) is 25.1 Å². The molecule has 2 aromatic heterocycles. The highest BCUT2D eigenvalue weighted by Gasteiger charge is 2.21. The molecule has 0 spiro atoms. The molecule has 0 aliphatic carbocycles. The molecule has 3 rings (SSSR count). The van der Waals surface area contributed by atoms with Gasteiger partial charge in [0.2, 0.25) is 5.91 Å². The summed E-state index contributed by atoms with van der Waals surface area (Å²) < 4.78 is 20.1. The number of carbonyl (C=O) groups is 1. The first-order valence-electron chi connectivity index (χ1n) is 8.59. The SMILES string of the molecule is Cc1cc(NC(=O)CSc2nnc([C@H](C)N(C)C)n2-c2ccc(F)cc2)no1. The lowest BCUT2D eigenvalue weighted by atomic mass is 10.2. The molecule has 0 saturated carbocycles. The maximum absolute atomic E-state index is 13.4. The summed E-state index contributed by atoms with van der Waals surface area (Å²) in [5, 5.41) is 15.5. The zero-order valence-electron chi connectivity index (χ0n) is 16.0. The number of carbonyl (C=O) groups excluding carboxylic acids is 1. The van der Waals surface area contributed by atoms with Crippen LogP contribution in [0.1, 0.15) is 24.6 Å². The summed E-state index contributed by atoms with van der Waals surface area (Å²) in [6, 6.07) is 7.69. The fourth-order valence-electron chi connectivity index (χ4n) is 2.44. The number of rotatable bonds is 7. The molecule has 0 unspecified atom stereocenters. The lowest BCUT2D eigenvalue weighted by Crippen LogP contribution is -2.21. The number of amides is 1. The Kier molecular flexibility index (Phi) is 6.10. The quantitative estimate of drug-likeness (QED) is 0.606. The van der Waals surface area contributed by atoms with Crippen LogP contribution in [0.5, 0.6) is 0 Å². The van der Waals surface area contributed by atoms with Gasteiger partial charge < -0.3 is 9.84 Å². The first-order chi connectivity index (χ1) is 13.3. The zero-order valence-corrected chi connectivity index (χ0v) is 16.8. The van der Waals surface area contributed by atoms with Gasteiger partial charge in [-0.2, -0.15) is 0 Å². The molecule has 0 radical (unpaired) electrons. The van der Waals surface area contributed by atoms with Gasteiger partial charge in [0.1, 0.15) is 11.6 Å². The summed E-state index contributed by atoms with van der Waals surface area (Å²) in [5.41, 5.74) is 0.727. The Bertz CT molecular complexity index is 953. The number of nitrogens with one attached hydrogen (secondary N) is 1. The molecule has 0 fully saturated rings. The van der Waals surface area contributed by atoms with E-state index < -0.39 is 0 Å². The average molecular weight is 404 g/mol. The van der Waals surface area contributed by atoms with Gasteiger partial charge in [-0.3, -0.25) is 14.3 Å². The van der Waals surface area contributed by atoms with Crippen LogP contribution >= 0.6 is 11.8 Å². The van der Waals surface area contributed by atoms with E-state index in [0.717, 1.165) is 5.69 Å². The Morgan fingerprint density at radius 3 is 2.64 bits per heavy atom. The van der Waals surface area contributed by atoms with Gasteiger partial charge in [-0.25, -0.2) is 4.39 Å². The minimum Gasteiger partial charge on any atom is -0.360 e. The predicted molar refractivity (Wildman–Crippen MR) is 104 cm³/mol. The first-order valence-corrected chi connectivity index (χ1v) is 9.57. The van der Waals surface area contributed by atoms with Crippen molar-refractivity contribution in [2.45, 2.75) is 25.0 Å². The second-order valence-corrected chi connectivity index (χ2v) is 7.39. The van der Waals surface area contributed by atoms with Crippen LogP contribution < -0.4 is 5.32 Å². The Hall–Kier alpha value is -2.72. The topological polar surface area (TPSA) is 89.1 Å². The van der Waals surface area contributed by atoms with Crippen LogP contribution in [0.25, 0.3) is 5.69 Å². The summed E-state index contributed by atoms with van der Waals surface area (Å²) in [5.74, 6) is 1.23. The second-order valence-electron chi connectivity index (χ2n) is 6.45. The highest BCUT2D eigenvalue weighted by molar-refractivity contribution is 7.99. The van der Waals surface area contributed by atoms with E-state index in [2.05, 4.69) is 20.7 Å². The van der Waals surface area contributed by atoms with Gasteiger partial charge in [0.25, 0.3) is 0 Å². The van der Waals surface area contributed by atoms with Crippen LogP contribution in [0.15, 0.2) is 40.0 Å². The number of halogens is 1. The summed E-state index contributed by atoms with van der Waals surface area (Å²) >= 11 is 1.24. The van der Waals surface area contributed by atoms with Gasteiger partial charge in [0.05, 0.1) is 11.8 Å². The number of hydrogen-bond donors (Lipinski definition) is 1. The van der Waals surface area contributed by atoms with Crippen molar-refractivity contribution in [3.63, 3.8) is 0 Å². The van der Waals surface area contributed by atoms with E-state index in [0.29, 0.717) is 22.6 Å². The van der Waals surface area contributed by atoms with E-state index in [-0.39, 0.29) is 23.5 Å². The maximum Gasteiger partial charge on any atom is 0.236 e. The smallest absolute Gasteiger partial charge is 0.236 e. The normalized spacial score (nSPS) is 12.4. The van der Waals surface area contributed by atoms with Crippen LogP contribution in [0.3, 0.4) is 0 Å². The van der Waals surface area contributed by atoms with E-state index in [4.69, 9.17) is 4.52 Å². The van der Waals surface area contributed by atoms with Crippen molar-refractivity contribution in [2.75, 3.05) is 25.2 Å². The average Bonchev–Trinajstić information content (AvgIpc) is 3.26. The van der Waals surface area contributed by atoms with Gasteiger partial charge >= 0.3 is 0 Å². The van der Waals surface area contributed by atoms with E-state index in [9.17, 15) is 9.18 Å². The number of hydrogen-bond acceptors (Lipinski definition) is 7. The Morgan fingerprint density at radius 2 is 2.04 bits per heavy atom. The number of aryl methyl sites for hydroxylation is 1. The van der Waals surface area contributed by atoms with E-state index in [1.165, 1.54) is 23.9 Å². The van der Waals surface area contributed by atoms with Crippen LogP contribution in [-0.4, -0.2) is 50.6 Å². The summed E-state index contributed by atoms with van der Waals surface area (Å²) in [6.07, 6.45) is 0. The van der Waals surface area contributed by atoms with Crippen molar-refractivity contribution < 1.29 is 13.7 Å². The molecule has 1 atom stereocenters. The molecular formula is C18H21FN6O2S. The molecule has 1 N–H and O–H groups in total. The highest BCUT2D eigenvalue weighted by atomic mass is 32.2. The third-order valence-electron chi connectivity index (χ3n) is 4.12. The van der Waals surface area contributed by atoms with Crippen molar-refractivity contribution in [1.29, 1.82) is 0 Å². The van der Waals surface area contributed by atoms with Crippen molar-refractivity contribution in [3.05, 3.63) is 47.7 Å². The molecule has 8 nitrogen and oxygen atoms in total. The van der Waals surface area contributed by atoms with Gasteiger partial charge in [-0.15, -0.1) is 10.2 Å².